The number of hydrogen-bond donors (Lipinski definition) is 1. The Morgan fingerprint density at radius 3 is 2.63 bits per heavy atom. The lowest BCUT2D eigenvalue weighted by molar-refractivity contribution is 0.102. The average Bonchev–Trinajstić information content (AvgIpc) is 2.57. The second kappa shape index (κ2) is 5.50. The summed E-state index contributed by atoms with van der Waals surface area (Å²) in [7, 11) is 1.71. The minimum Gasteiger partial charge on any atom is -0.322 e. The molecule has 100 valence electrons. The molecule has 2 aromatic rings. The number of aromatic nitrogens is 2. The Labute approximate surface area is 130 Å². The molecule has 0 bridgehead atoms. The predicted molar refractivity (Wildman–Crippen MR) is 84.8 cm³/mol. The number of nitrogens with one attached hydrogen (secondary N) is 1. The Hall–Kier alpha value is -1.08. The quantitative estimate of drug-likeness (QED) is 0.799. The number of rotatable bonds is 2. The zero-order valence-corrected chi connectivity index (χ0v) is 13.7. The Morgan fingerprint density at radius 2 is 2.11 bits per heavy atom. The maximum atomic E-state index is 12.3. The molecule has 1 aromatic heterocycles. The number of aryl methyl sites for hydroxylation is 3. The van der Waals surface area contributed by atoms with Gasteiger partial charge < -0.3 is 5.32 Å². The summed E-state index contributed by atoms with van der Waals surface area (Å²) in [6.07, 6.45) is 0. The summed E-state index contributed by atoms with van der Waals surface area (Å²) in [5.74, 6) is -0.236. The van der Waals surface area contributed by atoms with E-state index in [0.29, 0.717) is 16.4 Å². The number of hydrogen-bond acceptors (Lipinski definition) is 2. The summed E-state index contributed by atoms with van der Waals surface area (Å²) in [6.45, 7) is 3.72. The summed E-state index contributed by atoms with van der Waals surface area (Å²) in [5.41, 5.74) is 2.83. The van der Waals surface area contributed by atoms with Crippen LogP contribution in [0.3, 0.4) is 0 Å². The Balaban J connectivity index is 2.31. The van der Waals surface area contributed by atoms with Crippen LogP contribution in [0.25, 0.3) is 0 Å². The Morgan fingerprint density at radius 1 is 1.42 bits per heavy atom. The van der Waals surface area contributed by atoms with Gasteiger partial charge in [0.05, 0.1) is 11.3 Å². The van der Waals surface area contributed by atoms with Gasteiger partial charge in [0, 0.05) is 16.3 Å². The predicted octanol–water partition coefficient (Wildman–Crippen LogP) is 3.55. The van der Waals surface area contributed by atoms with Crippen molar-refractivity contribution in [2.45, 2.75) is 13.8 Å². The van der Waals surface area contributed by atoms with Gasteiger partial charge in [-0.1, -0.05) is 11.6 Å². The summed E-state index contributed by atoms with van der Waals surface area (Å²) in [4.78, 5) is 12.3. The number of anilines is 1. The highest BCUT2D eigenvalue weighted by Crippen LogP contribution is 2.22. The molecule has 1 heterocycles. The first-order valence-electron chi connectivity index (χ1n) is 5.66. The largest absolute Gasteiger partial charge is 0.322 e. The van der Waals surface area contributed by atoms with Crippen LogP contribution < -0.4 is 5.32 Å². The molecule has 1 amide bonds. The average molecular weight is 390 g/mol. The van der Waals surface area contributed by atoms with Crippen molar-refractivity contribution >= 4 is 45.8 Å². The Bertz CT molecular complexity index is 652. The van der Waals surface area contributed by atoms with Crippen LogP contribution >= 0.6 is 34.2 Å². The van der Waals surface area contributed by atoms with E-state index >= 15 is 0 Å². The summed E-state index contributed by atoms with van der Waals surface area (Å²) < 4.78 is 2.62. The molecule has 1 N–H and O–H groups in total. The lowest BCUT2D eigenvalue weighted by atomic mass is 10.2. The molecular formula is C13H13ClIN3O. The monoisotopic (exact) mass is 389 g/mol. The van der Waals surface area contributed by atoms with E-state index in [-0.39, 0.29) is 5.91 Å². The van der Waals surface area contributed by atoms with Gasteiger partial charge in [0.25, 0.3) is 5.91 Å². The molecule has 0 saturated heterocycles. The van der Waals surface area contributed by atoms with Crippen molar-refractivity contribution in [3.63, 3.8) is 0 Å². The van der Waals surface area contributed by atoms with Crippen molar-refractivity contribution < 1.29 is 4.79 Å². The first kappa shape index (κ1) is 14.3. The second-order valence-electron chi connectivity index (χ2n) is 4.29. The number of benzene rings is 1. The third-order valence-electron chi connectivity index (χ3n) is 2.82. The van der Waals surface area contributed by atoms with Crippen LogP contribution in [0.5, 0.6) is 0 Å². The summed E-state index contributed by atoms with van der Waals surface area (Å²) >= 11 is 8.31. The number of carbonyl (C=O) groups excluding carboxylic acids is 1. The van der Waals surface area contributed by atoms with E-state index < -0.39 is 0 Å². The molecule has 6 heteroatoms. The molecule has 0 atom stereocenters. The van der Waals surface area contributed by atoms with Crippen molar-refractivity contribution in [3.05, 3.63) is 43.7 Å². The topological polar surface area (TPSA) is 46.9 Å². The molecule has 0 aliphatic carbocycles. The van der Waals surface area contributed by atoms with E-state index in [1.165, 1.54) is 4.68 Å². The standard InChI is InChI=1S/C13H13ClIN3O/c1-7-6-9(15)4-5-10(7)16-13(19)11-8(2)17-18(3)12(11)14/h4-6H,1-3H3,(H,16,19). The molecular weight excluding hydrogens is 377 g/mol. The summed E-state index contributed by atoms with van der Waals surface area (Å²) in [5, 5.41) is 7.35. The number of nitrogens with zero attached hydrogens (tertiary/aromatic N) is 2. The fourth-order valence-corrected chi connectivity index (χ4v) is 2.75. The number of halogens is 2. The van der Waals surface area contributed by atoms with E-state index in [1.807, 2.05) is 25.1 Å². The minimum atomic E-state index is -0.236. The smallest absolute Gasteiger partial charge is 0.260 e. The first-order valence-corrected chi connectivity index (χ1v) is 7.12. The zero-order valence-electron chi connectivity index (χ0n) is 10.8. The van der Waals surface area contributed by atoms with Gasteiger partial charge in [-0.3, -0.25) is 9.48 Å². The van der Waals surface area contributed by atoms with E-state index in [4.69, 9.17) is 11.6 Å². The van der Waals surface area contributed by atoms with Crippen LogP contribution in [0.15, 0.2) is 18.2 Å². The second-order valence-corrected chi connectivity index (χ2v) is 5.89. The molecule has 0 spiro atoms. The fraction of sp³-hybridized carbons (Fsp3) is 0.231. The molecule has 0 aliphatic heterocycles. The van der Waals surface area contributed by atoms with Gasteiger partial charge in [-0.25, -0.2) is 0 Å². The molecule has 0 unspecified atom stereocenters. The van der Waals surface area contributed by atoms with Crippen LogP contribution in [-0.2, 0) is 7.05 Å². The van der Waals surface area contributed by atoms with Gasteiger partial charge in [0.2, 0.25) is 0 Å². The van der Waals surface area contributed by atoms with Crippen molar-refractivity contribution in [2.75, 3.05) is 5.32 Å². The van der Waals surface area contributed by atoms with Crippen molar-refractivity contribution in [2.24, 2.45) is 7.05 Å². The Kier molecular flexibility index (Phi) is 4.15. The molecule has 19 heavy (non-hydrogen) atoms. The van der Waals surface area contributed by atoms with Gasteiger partial charge in [0.1, 0.15) is 5.15 Å². The SMILES string of the molecule is Cc1cc(I)ccc1NC(=O)c1c(C)nn(C)c1Cl. The number of amides is 1. The molecule has 0 radical (unpaired) electrons. The van der Waals surface area contributed by atoms with E-state index in [0.717, 1.165) is 14.8 Å². The van der Waals surface area contributed by atoms with Gasteiger partial charge in [-0.15, -0.1) is 0 Å². The van der Waals surface area contributed by atoms with Crippen LogP contribution in [-0.4, -0.2) is 15.7 Å². The lowest BCUT2D eigenvalue weighted by Crippen LogP contribution is -2.14. The first-order chi connectivity index (χ1) is 8.90. The van der Waals surface area contributed by atoms with Crippen molar-refractivity contribution in [3.8, 4) is 0 Å². The fourth-order valence-electron chi connectivity index (χ4n) is 1.84. The van der Waals surface area contributed by atoms with Crippen molar-refractivity contribution in [1.29, 1.82) is 0 Å². The maximum Gasteiger partial charge on any atom is 0.260 e. The van der Waals surface area contributed by atoms with E-state index in [9.17, 15) is 4.79 Å². The molecule has 0 fully saturated rings. The van der Waals surface area contributed by atoms with Crippen LogP contribution in [0.1, 0.15) is 21.6 Å². The van der Waals surface area contributed by atoms with Crippen LogP contribution in [0.4, 0.5) is 5.69 Å². The molecule has 4 nitrogen and oxygen atoms in total. The van der Waals surface area contributed by atoms with Crippen LogP contribution in [0.2, 0.25) is 5.15 Å². The number of carbonyl (C=O) groups is 1. The highest BCUT2D eigenvalue weighted by Gasteiger charge is 2.19. The third kappa shape index (κ3) is 2.92. The van der Waals surface area contributed by atoms with Crippen molar-refractivity contribution in [1.82, 2.24) is 9.78 Å². The van der Waals surface area contributed by atoms with Gasteiger partial charge in [0.15, 0.2) is 0 Å². The van der Waals surface area contributed by atoms with E-state index in [1.54, 1.807) is 14.0 Å². The lowest BCUT2D eigenvalue weighted by Gasteiger charge is -2.08. The molecule has 0 saturated carbocycles. The highest BCUT2D eigenvalue weighted by atomic mass is 127. The van der Waals surface area contributed by atoms with E-state index in [2.05, 4.69) is 33.0 Å². The zero-order chi connectivity index (χ0) is 14.2. The van der Waals surface area contributed by atoms with Gasteiger partial charge in [-0.2, -0.15) is 5.10 Å². The highest BCUT2D eigenvalue weighted by molar-refractivity contribution is 14.1. The van der Waals surface area contributed by atoms with Crippen LogP contribution in [0, 0.1) is 17.4 Å². The van der Waals surface area contributed by atoms with Gasteiger partial charge in [-0.05, 0) is 60.2 Å². The molecule has 0 aliphatic rings. The molecule has 1 aromatic carbocycles. The van der Waals surface area contributed by atoms with Gasteiger partial charge >= 0.3 is 0 Å². The maximum absolute atomic E-state index is 12.3. The third-order valence-corrected chi connectivity index (χ3v) is 3.92. The minimum absolute atomic E-state index is 0.236. The normalized spacial score (nSPS) is 10.6. The summed E-state index contributed by atoms with van der Waals surface area (Å²) in [6, 6.07) is 5.84. The molecule has 2 rings (SSSR count).